The molecule has 3 nitrogen and oxygen atoms in total. The molecule has 0 spiro atoms. The Bertz CT molecular complexity index is 336. The molecule has 1 rings (SSSR count). The van der Waals surface area contributed by atoms with Crippen LogP contribution in [0.25, 0.3) is 0 Å². The number of H-pyrrole nitrogens is 1. The van der Waals surface area contributed by atoms with Gasteiger partial charge < -0.3 is 10.3 Å². The lowest BCUT2D eigenvalue weighted by Crippen LogP contribution is -2.05. The largest absolute Gasteiger partial charge is 0.328 e. The minimum atomic E-state index is -0.103. The van der Waals surface area contributed by atoms with Crippen molar-refractivity contribution in [2.24, 2.45) is 0 Å². The second kappa shape index (κ2) is 4.37. The van der Waals surface area contributed by atoms with E-state index in [4.69, 9.17) is 0 Å². The molecule has 0 saturated heterocycles. The monoisotopic (exact) mass is 162 g/mol. The summed E-state index contributed by atoms with van der Waals surface area (Å²) in [6, 6.07) is 3.16. The van der Waals surface area contributed by atoms with E-state index in [9.17, 15) is 4.79 Å². The van der Waals surface area contributed by atoms with Crippen LogP contribution in [0.1, 0.15) is 5.56 Å². The van der Waals surface area contributed by atoms with Crippen LogP contribution in [0, 0.1) is 11.8 Å². The maximum Gasteiger partial charge on any atom is 0.247 e. The maximum absolute atomic E-state index is 10.6. The highest BCUT2D eigenvalue weighted by Crippen LogP contribution is 1.87. The Morgan fingerprint density at radius 3 is 3.00 bits per heavy atom. The Morgan fingerprint density at radius 2 is 2.42 bits per heavy atom. The molecule has 1 aromatic heterocycles. The van der Waals surface area contributed by atoms with Gasteiger partial charge in [-0.25, -0.2) is 0 Å². The zero-order chi connectivity index (χ0) is 8.81. The summed E-state index contributed by atoms with van der Waals surface area (Å²) in [6.45, 7) is 0.652. The highest BCUT2D eigenvalue weighted by Gasteiger charge is 1.83. The molecule has 0 fully saturated rings. The van der Waals surface area contributed by atoms with E-state index in [1.807, 2.05) is 7.05 Å². The molecule has 0 unspecified atom stereocenters. The highest BCUT2D eigenvalue weighted by molar-refractivity contribution is 5.31. The summed E-state index contributed by atoms with van der Waals surface area (Å²) in [5, 5.41) is 2.90. The molecule has 0 aliphatic carbocycles. The Kier molecular flexibility index (Phi) is 3.12. The fraction of sp³-hybridized carbons (Fsp3) is 0.222. The third-order valence-electron chi connectivity index (χ3n) is 1.28. The van der Waals surface area contributed by atoms with Crippen LogP contribution in [0.3, 0.4) is 0 Å². The first-order valence-corrected chi connectivity index (χ1v) is 3.65. The summed E-state index contributed by atoms with van der Waals surface area (Å²) >= 11 is 0. The number of nitrogens with one attached hydrogen (secondary N) is 2. The molecule has 0 radical (unpaired) electrons. The van der Waals surface area contributed by atoms with E-state index in [1.165, 1.54) is 6.07 Å². The van der Waals surface area contributed by atoms with Gasteiger partial charge in [-0.05, 0) is 13.1 Å². The average molecular weight is 162 g/mol. The second-order valence-corrected chi connectivity index (χ2v) is 2.27. The molecule has 0 atom stereocenters. The molecule has 62 valence electrons. The van der Waals surface area contributed by atoms with Crippen molar-refractivity contribution in [2.45, 2.75) is 0 Å². The third kappa shape index (κ3) is 2.60. The molecule has 0 saturated carbocycles. The Morgan fingerprint density at radius 1 is 1.58 bits per heavy atom. The quantitative estimate of drug-likeness (QED) is 0.568. The lowest BCUT2D eigenvalue weighted by molar-refractivity contribution is 0.938. The fourth-order valence-electron chi connectivity index (χ4n) is 0.723. The fourth-order valence-corrected chi connectivity index (χ4v) is 0.723. The molecular formula is C9H10N2O. The zero-order valence-electron chi connectivity index (χ0n) is 6.85. The first-order valence-electron chi connectivity index (χ1n) is 3.65. The van der Waals surface area contributed by atoms with Crippen LogP contribution >= 0.6 is 0 Å². The van der Waals surface area contributed by atoms with E-state index in [1.54, 1.807) is 12.3 Å². The number of rotatable bonds is 1. The normalized spacial score (nSPS) is 8.75. The summed E-state index contributed by atoms with van der Waals surface area (Å²) in [5.74, 6) is 5.78. The third-order valence-corrected chi connectivity index (χ3v) is 1.28. The average Bonchev–Trinajstić information content (AvgIpc) is 2.09. The van der Waals surface area contributed by atoms with Crippen molar-refractivity contribution in [3.05, 3.63) is 34.2 Å². The Labute approximate surface area is 70.8 Å². The lowest BCUT2D eigenvalue weighted by atomic mass is 10.3. The van der Waals surface area contributed by atoms with Gasteiger partial charge in [0.05, 0.1) is 6.54 Å². The van der Waals surface area contributed by atoms with Gasteiger partial charge in [-0.15, -0.1) is 0 Å². The van der Waals surface area contributed by atoms with Crippen molar-refractivity contribution in [1.82, 2.24) is 10.3 Å². The van der Waals surface area contributed by atoms with Crippen LogP contribution in [0.5, 0.6) is 0 Å². The number of aromatic amines is 1. The Balaban J connectivity index is 2.72. The van der Waals surface area contributed by atoms with Gasteiger partial charge >= 0.3 is 0 Å². The van der Waals surface area contributed by atoms with Crippen molar-refractivity contribution in [1.29, 1.82) is 0 Å². The first-order chi connectivity index (χ1) is 5.83. The molecule has 0 aromatic carbocycles. The van der Waals surface area contributed by atoms with Crippen molar-refractivity contribution in [3.63, 3.8) is 0 Å². The minimum Gasteiger partial charge on any atom is -0.328 e. The van der Waals surface area contributed by atoms with Crippen molar-refractivity contribution < 1.29 is 0 Å². The molecule has 0 amide bonds. The van der Waals surface area contributed by atoms with Crippen LogP contribution in [0.4, 0.5) is 0 Å². The molecule has 0 bridgehead atoms. The number of hydrogen-bond acceptors (Lipinski definition) is 2. The Hall–Kier alpha value is -1.53. The highest BCUT2D eigenvalue weighted by atomic mass is 16.1. The molecule has 0 aliphatic heterocycles. The zero-order valence-corrected chi connectivity index (χ0v) is 6.85. The smallest absolute Gasteiger partial charge is 0.247 e. The van der Waals surface area contributed by atoms with E-state index in [0.717, 1.165) is 5.56 Å². The number of pyridine rings is 1. The second-order valence-electron chi connectivity index (χ2n) is 2.27. The summed E-state index contributed by atoms with van der Waals surface area (Å²) in [4.78, 5) is 13.2. The summed E-state index contributed by atoms with van der Waals surface area (Å²) in [6.07, 6.45) is 1.60. The van der Waals surface area contributed by atoms with Crippen molar-refractivity contribution >= 4 is 0 Å². The maximum atomic E-state index is 10.6. The molecule has 0 aliphatic rings. The van der Waals surface area contributed by atoms with E-state index < -0.39 is 0 Å². The molecule has 1 heterocycles. The van der Waals surface area contributed by atoms with Gasteiger partial charge in [-0.1, -0.05) is 11.8 Å². The predicted octanol–water partition coefficient (Wildman–Crippen LogP) is -0.0542. The van der Waals surface area contributed by atoms with E-state index >= 15 is 0 Å². The van der Waals surface area contributed by atoms with E-state index in [2.05, 4.69) is 22.1 Å². The topological polar surface area (TPSA) is 44.9 Å². The van der Waals surface area contributed by atoms with Crippen molar-refractivity contribution in [3.8, 4) is 11.8 Å². The van der Waals surface area contributed by atoms with Gasteiger partial charge in [0.2, 0.25) is 5.56 Å². The van der Waals surface area contributed by atoms with Gasteiger partial charge in [0, 0.05) is 17.8 Å². The summed E-state index contributed by atoms with van der Waals surface area (Å²) in [7, 11) is 1.83. The van der Waals surface area contributed by atoms with Crippen LogP contribution in [-0.4, -0.2) is 18.6 Å². The van der Waals surface area contributed by atoms with Crippen LogP contribution in [0.2, 0.25) is 0 Å². The van der Waals surface area contributed by atoms with Gasteiger partial charge in [0.15, 0.2) is 0 Å². The molecule has 3 heteroatoms. The predicted molar refractivity (Wildman–Crippen MR) is 47.9 cm³/mol. The van der Waals surface area contributed by atoms with E-state index in [0.29, 0.717) is 6.54 Å². The van der Waals surface area contributed by atoms with Crippen LogP contribution in [0.15, 0.2) is 23.1 Å². The summed E-state index contributed by atoms with van der Waals surface area (Å²) < 4.78 is 0. The minimum absolute atomic E-state index is 0.103. The van der Waals surface area contributed by atoms with Gasteiger partial charge in [-0.2, -0.15) is 0 Å². The van der Waals surface area contributed by atoms with E-state index in [-0.39, 0.29) is 5.56 Å². The van der Waals surface area contributed by atoms with Gasteiger partial charge in [0.1, 0.15) is 0 Å². The van der Waals surface area contributed by atoms with Crippen molar-refractivity contribution in [2.75, 3.05) is 13.6 Å². The van der Waals surface area contributed by atoms with Crippen LogP contribution < -0.4 is 10.9 Å². The molecule has 2 N–H and O–H groups in total. The number of hydrogen-bond donors (Lipinski definition) is 2. The molecule has 1 aromatic rings. The number of aromatic nitrogens is 1. The van der Waals surface area contributed by atoms with Gasteiger partial charge in [-0.3, -0.25) is 4.79 Å². The van der Waals surface area contributed by atoms with Gasteiger partial charge in [0.25, 0.3) is 0 Å². The molecule has 12 heavy (non-hydrogen) atoms. The van der Waals surface area contributed by atoms with Crippen LogP contribution in [-0.2, 0) is 0 Å². The SMILES string of the molecule is CNCC#Cc1ccc(=O)[nH]c1. The first kappa shape index (κ1) is 8.57. The lowest BCUT2D eigenvalue weighted by Gasteiger charge is -1.86. The standard InChI is InChI=1S/C9H10N2O/c1-10-6-2-3-8-4-5-9(12)11-7-8/h4-5,7,10H,6H2,1H3,(H,11,12). The molecular weight excluding hydrogens is 152 g/mol. The summed E-state index contributed by atoms with van der Waals surface area (Å²) in [5.41, 5.74) is 0.721.